The van der Waals surface area contributed by atoms with Gasteiger partial charge >= 0.3 is 0 Å². The highest BCUT2D eigenvalue weighted by Gasteiger charge is 2.04. The highest BCUT2D eigenvalue weighted by Crippen LogP contribution is 2.26. The van der Waals surface area contributed by atoms with Crippen molar-refractivity contribution in [1.29, 1.82) is 0 Å². The van der Waals surface area contributed by atoms with E-state index in [-0.39, 0.29) is 5.75 Å². The van der Waals surface area contributed by atoms with Gasteiger partial charge in [0.1, 0.15) is 6.54 Å². The van der Waals surface area contributed by atoms with Crippen molar-refractivity contribution in [2.24, 2.45) is 0 Å². The molecule has 0 unspecified atom stereocenters. The topological polar surface area (TPSA) is 55.3 Å². The lowest BCUT2D eigenvalue weighted by atomic mass is 10.2. The number of hydrogen-bond donors (Lipinski definition) is 2. The van der Waals surface area contributed by atoms with Gasteiger partial charge in [0, 0.05) is 12.7 Å². The zero-order valence-electron chi connectivity index (χ0n) is 9.90. The molecular formula is C12H20NO3+. The van der Waals surface area contributed by atoms with E-state index >= 15 is 0 Å². The number of hydrogen-bond acceptors (Lipinski definition) is 3. The van der Waals surface area contributed by atoms with Gasteiger partial charge in [-0.05, 0) is 25.1 Å². The first-order valence-electron chi connectivity index (χ1n) is 5.53. The Morgan fingerprint density at radius 1 is 1.38 bits per heavy atom. The summed E-state index contributed by atoms with van der Waals surface area (Å²) in [6, 6.07) is 5.45. The van der Waals surface area contributed by atoms with Crippen molar-refractivity contribution in [3.63, 3.8) is 0 Å². The summed E-state index contributed by atoms with van der Waals surface area (Å²) in [5, 5.41) is 11.7. The van der Waals surface area contributed by atoms with Gasteiger partial charge in [-0.3, -0.25) is 0 Å². The molecule has 0 saturated heterocycles. The Balaban J connectivity index is 2.50. The zero-order chi connectivity index (χ0) is 11.8. The molecule has 0 amide bonds. The van der Waals surface area contributed by atoms with E-state index in [1.165, 1.54) is 0 Å². The van der Waals surface area contributed by atoms with Crippen LogP contribution in [0.1, 0.15) is 12.5 Å². The number of phenols is 1. The van der Waals surface area contributed by atoms with E-state index in [9.17, 15) is 5.11 Å². The highest BCUT2D eigenvalue weighted by atomic mass is 16.5. The number of aromatic hydroxyl groups is 1. The molecular weight excluding hydrogens is 206 g/mol. The van der Waals surface area contributed by atoms with Crippen LogP contribution in [0, 0.1) is 0 Å². The van der Waals surface area contributed by atoms with Crippen molar-refractivity contribution in [2.75, 3.05) is 26.9 Å². The van der Waals surface area contributed by atoms with E-state index in [1.807, 2.05) is 19.1 Å². The van der Waals surface area contributed by atoms with Crippen LogP contribution >= 0.6 is 0 Å². The Morgan fingerprint density at radius 2 is 2.19 bits per heavy atom. The molecule has 4 nitrogen and oxygen atoms in total. The van der Waals surface area contributed by atoms with Gasteiger partial charge in [-0.1, -0.05) is 0 Å². The summed E-state index contributed by atoms with van der Waals surface area (Å²) in [5.74, 6) is 0.752. The Kier molecular flexibility index (Phi) is 5.67. The lowest BCUT2D eigenvalue weighted by Crippen LogP contribution is -2.83. The summed E-state index contributed by atoms with van der Waals surface area (Å²) >= 11 is 0. The predicted octanol–water partition coefficient (Wildman–Crippen LogP) is 0.501. The van der Waals surface area contributed by atoms with Gasteiger partial charge in [0.2, 0.25) is 0 Å². The molecule has 90 valence electrons. The van der Waals surface area contributed by atoms with Crippen molar-refractivity contribution in [3.8, 4) is 11.5 Å². The third kappa shape index (κ3) is 4.08. The van der Waals surface area contributed by atoms with E-state index in [4.69, 9.17) is 9.47 Å². The average molecular weight is 226 g/mol. The van der Waals surface area contributed by atoms with Crippen molar-refractivity contribution < 1.29 is 19.9 Å². The van der Waals surface area contributed by atoms with Crippen LogP contribution < -0.4 is 10.1 Å². The van der Waals surface area contributed by atoms with Gasteiger partial charge in [0.15, 0.2) is 11.5 Å². The first-order valence-corrected chi connectivity index (χ1v) is 5.53. The van der Waals surface area contributed by atoms with Gasteiger partial charge in [-0.15, -0.1) is 0 Å². The summed E-state index contributed by atoms with van der Waals surface area (Å²) in [6.45, 7) is 5.00. The molecule has 0 heterocycles. The lowest BCUT2D eigenvalue weighted by Gasteiger charge is -2.07. The van der Waals surface area contributed by atoms with Gasteiger partial charge in [-0.2, -0.15) is 0 Å². The monoisotopic (exact) mass is 226 g/mol. The Bertz CT molecular complexity index is 315. The Morgan fingerprint density at radius 3 is 2.88 bits per heavy atom. The van der Waals surface area contributed by atoms with Crippen LogP contribution in [0.4, 0.5) is 0 Å². The van der Waals surface area contributed by atoms with E-state index in [0.717, 1.165) is 25.3 Å². The average Bonchev–Trinajstić information content (AvgIpc) is 2.29. The van der Waals surface area contributed by atoms with Gasteiger partial charge in [0.25, 0.3) is 0 Å². The summed E-state index contributed by atoms with van der Waals surface area (Å²) < 4.78 is 10.3. The van der Waals surface area contributed by atoms with E-state index in [1.54, 1.807) is 13.2 Å². The Labute approximate surface area is 96.2 Å². The van der Waals surface area contributed by atoms with Crippen LogP contribution in [0.2, 0.25) is 0 Å². The normalized spacial score (nSPS) is 10.4. The van der Waals surface area contributed by atoms with Crippen molar-refractivity contribution in [3.05, 3.63) is 23.8 Å². The van der Waals surface area contributed by atoms with Crippen molar-refractivity contribution in [1.82, 2.24) is 0 Å². The van der Waals surface area contributed by atoms with Crippen LogP contribution in [0.5, 0.6) is 11.5 Å². The fraction of sp³-hybridized carbons (Fsp3) is 0.500. The molecule has 0 fully saturated rings. The fourth-order valence-corrected chi connectivity index (χ4v) is 1.43. The number of phenolic OH excluding ortho intramolecular Hbond substituents is 1. The fourth-order valence-electron chi connectivity index (χ4n) is 1.43. The standard InChI is InChI=1S/C12H19NO3/c1-3-16-12-8-10(4-5-11(12)14)9-13-6-7-15-2/h4-5,8,13-14H,3,6-7,9H2,1-2H3/p+1. The quantitative estimate of drug-likeness (QED) is 0.666. The van der Waals surface area contributed by atoms with Crippen LogP contribution in [-0.2, 0) is 11.3 Å². The SMILES string of the molecule is CCOc1cc(C[NH2+]CCOC)ccc1O. The second kappa shape index (κ2) is 7.09. The van der Waals surface area contributed by atoms with E-state index < -0.39 is 0 Å². The molecule has 1 aromatic rings. The number of ether oxygens (including phenoxy) is 2. The van der Waals surface area contributed by atoms with Gasteiger partial charge in [0.05, 0.1) is 19.8 Å². The number of quaternary nitrogens is 1. The number of methoxy groups -OCH3 is 1. The van der Waals surface area contributed by atoms with Crippen molar-refractivity contribution >= 4 is 0 Å². The molecule has 0 atom stereocenters. The minimum Gasteiger partial charge on any atom is -0.504 e. The first-order chi connectivity index (χ1) is 7.77. The summed E-state index contributed by atoms with van der Waals surface area (Å²) in [5.41, 5.74) is 1.14. The number of rotatable bonds is 7. The molecule has 0 aromatic heterocycles. The number of benzene rings is 1. The lowest BCUT2D eigenvalue weighted by molar-refractivity contribution is -0.671. The molecule has 1 rings (SSSR count). The molecule has 16 heavy (non-hydrogen) atoms. The third-order valence-corrected chi connectivity index (χ3v) is 2.23. The first kappa shape index (κ1) is 12.8. The maximum Gasteiger partial charge on any atom is 0.161 e. The highest BCUT2D eigenvalue weighted by molar-refractivity contribution is 5.41. The van der Waals surface area contributed by atoms with Gasteiger partial charge in [-0.25, -0.2) is 0 Å². The minimum atomic E-state index is 0.197. The molecule has 0 aliphatic rings. The minimum absolute atomic E-state index is 0.197. The van der Waals surface area contributed by atoms with Gasteiger partial charge < -0.3 is 19.9 Å². The summed E-state index contributed by atoms with van der Waals surface area (Å²) in [4.78, 5) is 0. The third-order valence-electron chi connectivity index (χ3n) is 2.23. The predicted molar refractivity (Wildman–Crippen MR) is 61.6 cm³/mol. The largest absolute Gasteiger partial charge is 0.504 e. The molecule has 0 radical (unpaired) electrons. The molecule has 0 bridgehead atoms. The smallest absolute Gasteiger partial charge is 0.161 e. The van der Waals surface area contributed by atoms with Crippen LogP contribution in [0.25, 0.3) is 0 Å². The zero-order valence-corrected chi connectivity index (χ0v) is 9.90. The molecule has 1 aromatic carbocycles. The van der Waals surface area contributed by atoms with Crippen LogP contribution in [-0.4, -0.2) is 32.0 Å². The summed E-state index contributed by atoms with van der Waals surface area (Å²) in [7, 11) is 1.70. The summed E-state index contributed by atoms with van der Waals surface area (Å²) in [6.07, 6.45) is 0. The molecule has 0 aliphatic carbocycles. The molecule has 0 saturated carbocycles. The van der Waals surface area contributed by atoms with E-state index in [2.05, 4.69) is 5.32 Å². The van der Waals surface area contributed by atoms with E-state index in [0.29, 0.717) is 12.4 Å². The second-order valence-electron chi connectivity index (χ2n) is 3.51. The van der Waals surface area contributed by atoms with Crippen LogP contribution in [0.15, 0.2) is 18.2 Å². The maximum absolute atomic E-state index is 9.52. The van der Waals surface area contributed by atoms with Crippen molar-refractivity contribution in [2.45, 2.75) is 13.5 Å². The molecule has 3 N–H and O–H groups in total. The maximum atomic E-state index is 9.52. The molecule has 0 aliphatic heterocycles. The molecule has 4 heteroatoms. The van der Waals surface area contributed by atoms with Crippen LogP contribution in [0.3, 0.4) is 0 Å². The Hall–Kier alpha value is -1.26. The molecule has 0 spiro atoms. The second-order valence-corrected chi connectivity index (χ2v) is 3.51. The number of nitrogens with two attached hydrogens (primary N) is 1.